The Balaban J connectivity index is 2.37. The van der Waals surface area contributed by atoms with Gasteiger partial charge < -0.3 is 10.3 Å². The Kier molecular flexibility index (Phi) is 2.32. The van der Waals surface area contributed by atoms with Crippen molar-refractivity contribution in [1.29, 1.82) is 0 Å². The Labute approximate surface area is 78.0 Å². The van der Waals surface area contributed by atoms with Gasteiger partial charge in [0.2, 0.25) is 0 Å². The number of benzene rings is 1. The summed E-state index contributed by atoms with van der Waals surface area (Å²) >= 11 is 0. The monoisotopic (exact) mass is 174 g/mol. The molecule has 0 bridgehead atoms. The summed E-state index contributed by atoms with van der Waals surface area (Å²) < 4.78 is 0. The Morgan fingerprint density at radius 2 is 2.23 bits per heavy atom. The van der Waals surface area contributed by atoms with Crippen LogP contribution >= 0.6 is 0 Å². The first-order chi connectivity index (χ1) is 6.42. The van der Waals surface area contributed by atoms with E-state index in [1.54, 1.807) is 0 Å². The molecule has 2 heteroatoms. The smallest absolute Gasteiger partial charge is 0.0486 e. The second kappa shape index (κ2) is 3.62. The average molecular weight is 174 g/mol. The van der Waals surface area contributed by atoms with Gasteiger partial charge in [0.25, 0.3) is 0 Å². The van der Waals surface area contributed by atoms with Crippen molar-refractivity contribution < 1.29 is 0 Å². The number of aromatic amines is 1. The van der Waals surface area contributed by atoms with Gasteiger partial charge >= 0.3 is 0 Å². The van der Waals surface area contributed by atoms with Crippen molar-refractivity contribution in [1.82, 2.24) is 10.3 Å². The molecule has 0 spiro atoms. The largest absolute Gasteiger partial charge is 0.361 e. The maximum absolute atomic E-state index is 3.27. The molecule has 1 aromatic heterocycles. The van der Waals surface area contributed by atoms with Crippen LogP contribution in [0.5, 0.6) is 0 Å². The second-order valence-corrected chi connectivity index (χ2v) is 3.21. The van der Waals surface area contributed by atoms with Crippen LogP contribution in [0.4, 0.5) is 0 Å². The maximum atomic E-state index is 3.27. The molecule has 0 aliphatic carbocycles. The molecule has 0 atom stereocenters. The molecule has 0 saturated carbocycles. The van der Waals surface area contributed by atoms with Gasteiger partial charge in [-0.3, -0.25) is 0 Å². The van der Waals surface area contributed by atoms with E-state index in [1.165, 1.54) is 16.5 Å². The molecule has 1 heterocycles. The van der Waals surface area contributed by atoms with E-state index in [2.05, 4.69) is 34.6 Å². The van der Waals surface area contributed by atoms with Crippen LogP contribution in [0, 0.1) is 0 Å². The van der Waals surface area contributed by atoms with E-state index in [-0.39, 0.29) is 0 Å². The van der Waals surface area contributed by atoms with Gasteiger partial charge in [-0.05, 0) is 37.0 Å². The quantitative estimate of drug-likeness (QED) is 0.731. The lowest BCUT2D eigenvalue weighted by atomic mass is 10.1. The van der Waals surface area contributed by atoms with E-state index >= 15 is 0 Å². The zero-order valence-electron chi connectivity index (χ0n) is 7.80. The van der Waals surface area contributed by atoms with Gasteiger partial charge in [0.05, 0.1) is 0 Å². The molecule has 2 nitrogen and oxygen atoms in total. The first-order valence-electron chi connectivity index (χ1n) is 4.61. The summed E-state index contributed by atoms with van der Waals surface area (Å²) in [6, 6.07) is 8.53. The molecule has 2 N–H and O–H groups in total. The van der Waals surface area contributed by atoms with Crippen molar-refractivity contribution in [2.24, 2.45) is 0 Å². The fourth-order valence-electron chi connectivity index (χ4n) is 1.62. The molecule has 13 heavy (non-hydrogen) atoms. The van der Waals surface area contributed by atoms with Gasteiger partial charge in [-0.25, -0.2) is 0 Å². The predicted octanol–water partition coefficient (Wildman–Crippen LogP) is 1.93. The molecule has 2 rings (SSSR count). The van der Waals surface area contributed by atoms with Gasteiger partial charge in [0.15, 0.2) is 0 Å². The Bertz CT molecular complexity index is 390. The third kappa shape index (κ3) is 1.58. The second-order valence-electron chi connectivity index (χ2n) is 3.21. The number of hydrogen-bond donors (Lipinski definition) is 2. The summed E-state index contributed by atoms with van der Waals surface area (Å²) in [7, 11) is 1.98. The fraction of sp³-hybridized carbons (Fsp3) is 0.273. The average Bonchev–Trinajstić information content (AvgIpc) is 2.62. The van der Waals surface area contributed by atoms with E-state index in [1.807, 2.05) is 13.2 Å². The molecule has 0 aliphatic rings. The van der Waals surface area contributed by atoms with Crippen molar-refractivity contribution in [2.45, 2.75) is 6.42 Å². The number of rotatable bonds is 3. The minimum absolute atomic E-state index is 1.03. The van der Waals surface area contributed by atoms with Gasteiger partial charge in [-0.15, -0.1) is 0 Å². The van der Waals surface area contributed by atoms with Crippen LogP contribution in [0.25, 0.3) is 10.9 Å². The van der Waals surface area contributed by atoms with E-state index in [9.17, 15) is 0 Å². The van der Waals surface area contributed by atoms with E-state index in [4.69, 9.17) is 0 Å². The third-order valence-corrected chi connectivity index (χ3v) is 2.32. The van der Waals surface area contributed by atoms with E-state index < -0.39 is 0 Å². The normalized spacial score (nSPS) is 10.8. The van der Waals surface area contributed by atoms with Crippen LogP contribution in [0.2, 0.25) is 0 Å². The minimum atomic E-state index is 1.03. The third-order valence-electron chi connectivity index (χ3n) is 2.32. The number of likely N-dealkylation sites (N-methyl/N-ethyl adjacent to an activating group) is 1. The molecule has 0 unspecified atom stereocenters. The van der Waals surface area contributed by atoms with Crippen LogP contribution in [0.15, 0.2) is 30.5 Å². The maximum Gasteiger partial charge on any atom is 0.0486 e. The topological polar surface area (TPSA) is 27.8 Å². The van der Waals surface area contributed by atoms with Crippen molar-refractivity contribution in [3.8, 4) is 0 Å². The SMILES string of the molecule is CNCCc1cccc2cc[nH]c12. The van der Waals surface area contributed by atoms with Gasteiger partial charge in [0.1, 0.15) is 0 Å². The zero-order valence-corrected chi connectivity index (χ0v) is 7.80. The highest BCUT2D eigenvalue weighted by Crippen LogP contribution is 2.16. The molecule has 0 saturated heterocycles. The van der Waals surface area contributed by atoms with Crippen molar-refractivity contribution in [2.75, 3.05) is 13.6 Å². The van der Waals surface area contributed by atoms with Crippen LogP contribution in [-0.2, 0) is 6.42 Å². The van der Waals surface area contributed by atoms with Crippen molar-refractivity contribution >= 4 is 10.9 Å². The van der Waals surface area contributed by atoms with E-state index in [0.29, 0.717) is 0 Å². The van der Waals surface area contributed by atoms with Crippen LogP contribution in [0.3, 0.4) is 0 Å². The molecular formula is C11H14N2. The van der Waals surface area contributed by atoms with Crippen LogP contribution < -0.4 is 5.32 Å². The summed E-state index contributed by atoms with van der Waals surface area (Å²) in [5.74, 6) is 0. The molecule has 0 fully saturated rings. The lowest BCUT2D eigenvalue weighted by Crippen LogP contribution is -2.10. The number of fused-ring (bicyclic) bond motifs is 1. The van der Waals surface area contributed by atoms with Gasteiger partial charge in [-0.1, -0.05) is 18.2 Å². The zero-order chi connectivity index (χ0) is 9.10. The standard InChI is InChI=1S/C11H14N2/c1-12-7-5-9-3-2-4-10-6-8-13-11(9)10/h2-4,6,8,12-13H,5,7H2,1H3. The molecule has 1 aromatic carbocycles. The summed E-state index contributed by atoms with van der Waals surface area (Å²) in [5.41, 5.74) is 2.66. The minimum Gasteiger partial charge on any atom is -0.361 e. The molecule has 0 radical (unpaired) electrons. The summed E-state index contributed by atoms with van der Waals surface area (Å²) in [6.45, 7) is 1.03. The lowest BCUT2D eigenvalue weighted by molar-refractivity contribution is 0.794. The number of nitrogens with one attached hydrogen (secondary N) is 2. The summed E-state index contributed by atoms with van der Waals surface area (Å²) in [6.07, 6.45) is 3.07. The molecule has 0 amide bonds. The Morgan fingerprint density at radius 3 is 3.08 bits per heavy atom. The molecule has 2 aromatic rings. The number of H-pyrrole nitrogens is 1. The lowest BCUT2D eigenvalue weighted by Gasteiger charge is -2.02. The van der Waals surface area contributed by atoms with Crippen LogP contribution in [0.1, 0.15) is 5.56 Å². The number of para-hydroxylation sites is 1. The molecular weight excluding hydrogens is 160 g/mol. The molecule has 68 valence electrons. The van der Waals surface area contributed by atoms with Crippen LogP contribution in [-0.4, -0.2) is 18.6 Å². The fourth-order valence-corrected chi connectivity index (χ4v) is 1.62. The predicted molar refractivity (Wildman–Crippen MR) is 55.9 cm³/mol. The summed E-state index contributed by atoms with van der Waals surface area (Å²) in [4.78, 5) is 3.27. The number of hydrogen-bond acceptors (Lipinski definition) is 1. The van der Waals surface area contributed by atoms with Gasteiger partial charge in [0, 0.05) is 11.7 Å². The highest BCUT2D eigenvalue weighted by atomic mass is 14.8. The van der Waals surface area contributed by atoms with Crippen molar-refractivity contribution in [3.05, 3.63) is 36.0 Å². The Hall–Kier alpha value is -1.28. The number of aromatic nitrogens is 1. The summed E-state index contributed by atoms with van der Waals surface area (Å²) in [5, 5.41) is 4.46. The Morgan fingerprint density at radius 1 is 1.31 bits per heavy atom. The van der Waals surface area contributed by atoms with Crippen molar-refractivity contribution in [3.63, 3.8) is 0 Å². The van der Waals surface area contributed by atoms with Gasteiger partial charge in [-0.2, -0.15) is 0 Å². The first-order valence-corrected chi connectivity index (χ1v) is 4.61. The highest BCUT2D eigenvalue weighted by Gasteiger charge is 1.99. The van der Waals surface area contributed by atoms with E-state index in [0.717, 1.165) is 13.0 Å². The first kappa shape index (κ1) is 8.32. The highest BCUT2D eigenvalue weighted by molar-refractivity contribution is 5.82. The molecule has 0 aliphatic heterocycles.